The predicted molar refractivity (Wildman–Crippen MR) is 109 cm³/mol. The second kappa shape index (κ2) is 8.41. The van der Waals surface area contributed by atoms with Gasteiger partial charge < -0.3 is 10.1 Å². The molecule has 2 aromatic rings. The highest BCUT2D eigenvalue weighted by atomic mass is 79.9. The summed E-state index contributed by atoms with van der Waals surface area (Å²) in [6.07, 6.45) is 1.56. The second-order valence-electron chi connectivity index (χ2n) is 5.69. The fraction of sp³-hybridized carbons (Fsp3) is 0.105. The van der Waals surface area contributed by atoms with Crippen LogP contribution >= 0.6 is 27.7 Å². The van der Waals surface area contributed by atoms with Gasteiger partial charge in [0.1, 0.15) is 5.75 Å². The maximum Gasteiger partial charge on any atom is 0.290 e. The van der Waals surface area contributed by atoms with E-state index in [9.17, 15) is 14.4 Å². The molecule has 1 heterocycles. The number of hydrogen-bond acceptors (Lipinski definition) is 5. The monoisotopic (exact) mass is 446 g/mol. The molecule has 0 saturated carbocycles. The molecule has 1 aliphatic heterocycles. The standard InChI is InChI=1S/C19H15BrN2O4S/c1-11-4-2-3-5-14(11)21-17(23)10-26-15-7-6-13(20)8-12(15)9-16-18(24)22-19(25)27-16/h2-9H,10H2,1H3,(H,21,23)(H,22,24,25)/b16-9-. The lowest BCUT2D eigenvalue weighted by atomic mass is 10.2. The molecule has 3 rings (SSSR count). The zero-order valence-corrected chi connectivity index (χ0v) is 16.6. The number of hydrogen-bond donors (Lipinski definition) is 2. The van der Waals surface area contributed by atoms with Gasteiger partial charge in [0.25, 0.3) is 17.1 Å². The third-order valence-electron chi connectivity index (χ3n) is 3.68. The summed E-state index contributed by atoms with van der Waals surface area (Å²) in [5.41, 5.74) is 2.26. The normalized spacial score (nSPS) is 15.0. The Hall–Kier alpha value is -2.58. The van der Waals surface area contributed by atoms with Gasteiger partial charge in [0.15, 0.2) is 6.61 Å². The van der Waals surface area contributed by atoms with Crippen LogP contribution in [0.4, 0.5) is 10.5 Å². The molecule has 1 fully saturated rings. The largest absolute Gasteiger partial charge is 0.483 e. The maximum absolute atomic E-state index is 12.2. The number of imide groups is 1. The van der Waals surface area contributed by atoms with Gasteiger partial charge in [0, 0.05) is 15.7 Å². The minimum absolute atomic E-state index is 0.190. The number of ether oxygens (including phenoxy) is 1. The Morgan fingerprint density at radius 3 is 2.74 bits per heavy atom. The van der Waals surface area contributed by atoms with Crippen molar-refractivity contribution in [1.82, 2.24) is 5.32 Å². The van der Waals surface area contributed by atoms with Crippen molar-refractivity contribution in [3.05, 3.63) is 63.0 Å². The number of rotatable bonds is 5. The molecule has 2 N–H and O–H groups in total. The Balaban J connectivity index is 1.73. The van der Waals surface area contributed by atoms with Crippen molar-refractivity contribution in [3.8, 4) is 5.75 Å². The van der Waals surface area contributed by atoms with Crippen molar-refractivity contribution in [2.75, 3.05) is 11.9 Å². The maximum atomic E-state index is 12.2. The summed E-state index contributed by atoms with van der Waals surface area (Å²) in [6.45, 7) is 1.71. The van der Waals surface area contributed by atoms with Gasteiger partial charge in [-0.15, -0.1) is 0 Å². The quantitative estimate of drug-likeness (QED) is 0.675. The molecule has 0 radical (unpaired) electrons. The molecule has 3 amide bonds. The van der Waals surface area contributed by atoms with E-state index in [1.54, 1.807) is 24.3 Å². The van der Waals surface area contributed by atoms with Gasteiger partial charge in [-0.25, -0.2) is 0 Å². The van der Waals surface area contributed by atoms with Crippen LogP contribution < -0.4 is 15.4 Å². The first-order valence-corrected chi connectivity index (χ1v) is 9.56. The second-order valence-corrected chi connectivity index (χ2v) is 7.62. The SMILES string of the molecule is Cc1ccccc1NC(=O)COc1ccc(Br)cc1/C=C1\SC(=O)NC1=O. The smallest absolute Gasteiger partial charge is 0.290 e. The molecule has 6 nitrogen and oxygen atoms in total. The van der Waals surface area contributed by atoms with Crippen molar-refractivity contribution in [3.63, 3.8) is 0 Å². The molecule has 0 bridgehead atoms. The number of para-hydroxylation sites is 1. The Kier molecular flexibility index (Phi) is 5.98. The Labute approximate surface area is 168 Å². The van der Waals surface area contributed by atoms with Crippen LogP contribution in [0.2, 0.25) is 0 Å². The van der Waals surface area contributed by atoms with E-state index in [4.69, 9.17) is 4.74 Å². The Morgan fingerprint density at radius 1 is 1.26 bits per heavy atom. The summed E-state index contributed by atoms with van der Waals surface area (Å²) >= 11 is 4.19. The number of carbonyl (C=O) groups is 3. The molecular formula is C19H15BrN2O4S. The molecule has 2 aromatic carbocycles. The van der Waals surface area contributed by atoms with Crippen LogP contribution in [0.1, 0.15) is 11.1 Å². The number of anilines is 1. The van der Waals surface area contributed by atoms with Crippen molar-refractivity contribution < 1.29 is 19.1 Å². The molecule has 0 aliphatic carbocycles. The van der Waals surface area contributed by atoms with Crippen LogP contribution in [0.5, 0.6) is 5.75 Å². The van der Waals surface area contributed by atoms with Gasteiger partial charge in [-0.3, -0.25) is 19.7 Å². The summed E-state index contributed by atoms with van der Waals surface area (Å²) in [4.78, 5) is 35.5. The minimum Gasteiger partial charge on any atom is -0.483 e. The lowest BCUT2D eigenvalue weighted by Crippen LogP contribution is -2.21. The minimum atomic E-state index is -0.451. The number of thioether (sulfide) groups is 1. The van der Waals surface area contributed by atoms with E-state index in [0.717, 1.165) is 27.5 Å². The number of halogens is 1. The van der Waals surface area contributed by atoms with Gasteiger partial charge in [-0.1, -0.05) is 34.1 Å². The molecule has 0 spiro atoms. The van der Waals surface area contributed by atoms with Gasteiger partial charge in [-0.2, -0.15) is 0 Å². The van der Waals surface area contributed by atoms with E-state index >= 15 is 0 Å². The van der Waals surface area contributed by atoms with Gasteiger partial charge in [0.2, 0.25) is 0 Å². The Bertz CT molecular complexity index is 958. The lowest BCUT2D eigenvalue weighted by molar-refractivity contribution is -0.118. The van der Waals surface area contributed by atoms with Crippen LogP contribution in [-0.2, 0) is 9.59 Å². The molecular weight excluding hydrogens is 432 g/mol. The van der Waals surface area contributed by atoms with Crippen molar-refractivity contribution in [2.24, 2.45) is 0 Å². The van der Waals surface area contributed by atoms with Crippen LogP contribution in [-0.4, -0.2) is 23.7 Å². The molecule has 0 atom stereocenters. The highest BCUT2D eigenvalue weighted by Gasteiger charge is 2.25. The summed E-state index contributed by atoms with van der Waals surface area (Å²) in [6, 6.07) is 12.7. The zero-order valence-electron chi connectivity index (χ0n) is 14.2. The molecule has 0 unspecified atom stereocenters. The third-order valence-corrected chi connectivity index (χ3v) is 4.98. The lowest BCUT2D eigenvalue weighted by Gasteiger charge is -2.11. The van der Waals surface area contributed by atoms with E-state index in [0.29, 0.717) is 11.3 Å². The molecule has 138 valence electrons. The zero-order chi connectivity index (χ0) is 19.4. The summed E-state index contributed by atoms with van der Waals surface area (Å²) < 4.78 is 6.41. The predicted octanol–water partition coefficient (Wildman–Crippen LogP) is 4.10. The Morgan fingerprint density at radius 2 is 2.04 bits per heavy atom. The van der Waals surface area contributed by atoms with Gasteiger partial charge in [0.05, 0.1) is 4.91 Å². The van der Waals surface area contributed by atoms with Crippen LogP contribution in [0, 0.1) is 6.92 Å². The van der Waals surface area contributed by atoms with E-state index in [1.807, 2.05) is 31.2 Å². The third kappa shape index (κ3) is 4.99. The van der Waals surface area contributed by atoms with E-state index < -0.39 is 11.1 Å². The van der Waals surface area contributed by atoms with Crippen LogP contribution in [0.3, 0.4) is 0 Å². The first-order chi connectivity index (χ1) is 12.9. The fourth-order valence-corrected chi connectivity index (χ4v) is 3.42. The molecule has 27 heavy (non-hydrogen) atoms. The number of nitrogens with one attached hydrogen (secondary N) is 2. The van der Waals surface area contributed by atoms with E-state index in [1.165, 1.54) is 0 Å². The molecule has 8 heteroatoms. The summed E-state index contributed by atoms with van der Waals surface area (Å²) in [5.74, 6) is -0.319. The average molecular weight is 447 g/mol. The number of aryl methyl sites for hydroxylation is 1. The highest BCUT2D eigenvalue weighted by Crippen LogP contribution is 2.31. The summed E-state index contributed by atoms with van der Waals surface area (Å²) in [7, 11) is 0. The number of carbonyl (C=O) groups excluding carboxylic acids is 3. The van der Waals surface area contributed by atoms with E-state index in [-0.39, 0.29) is 17.4 Å². The van der Waals surface area contributed by atoms with Crippen LogP contribution in [0.15, 0.2) is 51.8 Å². The first-order valence-electron chi connectivity index (χ1n) is 7.95. The fourth-order valence-electron chi connectivity index (χ4n) is 2.37. The van der Waals surface area contributed by atoms with Crippen molar-refractivity contribution in [1.29, 1.82) is 0 Å². The molecule has 1 saturated heterocycles. The van der Waals surface area contributed by atoms with Crippen LogP contribution in [0.25, 0.3) is 6.08 Å². The number of amides is 3. The molecule has 1 aliphatic rings. The highest BCUT2D eigenvalue weighted by molar-refractivity contribution is 9.10. The topological polar surface area (TPSA) is 84.5 Å². The van der Waals surface area contributed by atoms with Gasteiger partial charge >= 0.3 is 0 Å². The van der Waals surface area contributed by atoms with Crippen molar-refractivity contribution in [2.45, 2.75) is 6.92 Å². The molecule has 0 aromatic heterocycles. The van der Waals surface area contributed by atoms with Gasteiger partial charge in [-0.05, 0) is 54.6 Å². The number of benzene rings is 2. The van der Waals surface area contributed by atoms with Crippen molar-refractivity contribution >= 4 is 56.5 Å². The van der Waals surface area contributed by atoms with E-state index in [2.05, 4.69) is 26.6 Å². The first kappa shape index (κ1) is 19.2. The average Bonchev–Trinajstić information content (AvgIpc) is 2.93. The summed E-state index contributed by atoms with van der Waals surface area (Å²) in [5, 5.41) is 4.58.